The Morgan fingerprint density at radius 1 is 0.849 bits per heavy atom. The second kappa shape index (κ2) is 26.6. The molecule has 8 rings (SSSR count). The minimum Gasteiger partial charge on any atom is -0.507 e. The van der Waals surface area contributed by atoms with Crippen molar-refractivity contribution in [3.05, 3.63) is 171 Å². The van der Waals surface area contributed by atoms with Crippen LogP contribution in [0.4, 0.5) is 13.2 Å². The number of carbonyl (C=O) groups excluding carboxylic acids is 3. The smallest absolute Gasteiger partial charge is 0.416 e. The van der Waals surface area contributed by atoms with Gasteiger partial charge < -0.3 is 30.1 Å². The van der Waals surface area contributed by atoms with Gasteiger partial charge in [-0.15, -0.1) is 0 Å². The third kappa shape index (κ3) is 16.1. The van der Waals surface area contributed by atoms with Gasteiger partial charge in [0.15, 0.2) is 5.82 Å². The van der Waals surface area contributed by atoms with Crippen molar-refractivity contribution in [3.8, 4) is 34.3 Å². The van der Waals surface area contributed by atoms with E-state index < -0.39 is 11.7 Å². The van der Waals surface area contributed by atoms with Crippen LogP contribution >= 0.6 is 0 Å². The van der Waals surface area contributed by atoms with Gasteiger partial charge in [0.2, 0.25) is 18.7 Å². The number of aromatic hydroxyl groups is 1. The maximum Gasteiger partial charge on any atom is 0.416 e. The fourth-order valence-electron chi connectivity index (χ4n) is 7.91. The molecule has 1 aliphatic heterocycles. The molecule has 17 heteroatoms. The quantitative estimate of drug-likeness (QED) is 0.0483. The predicted molar refractivity (Wildman–Crippen MR) is 276 cm³/mol. The molecule has 0 radical (unpaired) electrons. The van der Waals surface area contributed by atoms with Crippen molar-refractivity contribution in [1.29, 1.82) is 0 Å². The van der Waals surface area contributed by atoms with E-state index >= 15 is 0 Å². The summed E-state index contributed by atoms with van der Waals surface area (Å²) in [6.45, 7) is 14.4. The monoisotopic (exact) mass is 1000 g/mol. The van der Waals surface area contributed by atoms with Crippen LogP contribution in [0.25, 0.3) is 27.8 Å². The Hall–Kier alpha value is -7.76. The normalized spacial score (nSPS) is 12.6. The summed E-state index contributed by atoms with van der Waals surface area (Å²) in [7, 11) is 0. The number of aryl methyl sites for hydroxylation is 1. The van der Waals surface area contributed by atoms with Gasteiger partial charge in [0.25, 0.3) is 0 Å². The number of halogens is 3. The van der Waals surface area contributed by atoms with Gasteiger partial charge in [0.1, 0.15) is 17.2 Å². The molecule has 4 N–H and O–H groups in total. The summed E-state index contributed by atoms with van der Waals surface area (Å²) >= 11 is 0. The van der Waals surface area contributed by atoms with Gasteiger partial charge in [-0.3, -0.25) is 19.3 Å². The number of carbonyl (C=O) groups is 3. The number of aromatic nitrogens is 3. The Morgan fingerprint density at radius 3 is 2.26 bits per heavy atom. The molecule has 1 fully saturated rings. The van der Waals surface area contributed by atoms with E-state index in [2.05, 4.69) is 39.6 Å². The summed E-state index contributed by atoms with van der Waals surface area (Å²) in [5.41, 5.74) is 5.38. The van der Waals surface area contributed by atoms with Gasteiger partial charge in [0.05, 0.1) is 29.8 Å². The number of amides is 3. The number of hydrogen-bond donors (Lipinski definition) is 4. The number of ether oxygens (including phenoxy) is 2. The van der Waals surface area contributed by atoms with Crippen LogP contribution in [0.15, 0.2) is 132 Å². The Morgan fingerprint density at radius 2 is 1.58 bits per heavy atom. The molecule has 1 saturated heterocycles. The number of hydrogen-bond acceptors (Lipinski definition) is 9. The highest BCUT2D eigenvalue weighted by Gasteiger charge is 2.30. The molecule has 7 aromatic rings. The van der Waals surface area contributed by atoms with Crippen LogP contribution < -0.4 is 21.1 Å². The first kappa shape index (κ1) is 54.6. The molecule has 0 unspecified atom stereocenters. The van der Waals surface area contributed by atoms with Gasteiger partial charge in [0, 0.05) is 57.8 Å². The Labute approximate surface area is 422 Å². The molecule has 0 atom stereocenters. The van der Waals surface area contributed by atoms with Crippen LogP contribution in [0.5, 0.6) is 17.2 Å². The maximum absolute atomic E-state index is 12.6. The van der Waals surface area contributed by atoms with Gasteiger partial charge in [-0.05, 0) is 101 Å². The number of aromatic amines is 1. The number of fused-ring (bicyclic) bond motifs is 1. The maximum atomic E-state index is 12.6. The number of rotatable bonds is 18. The number of phenols is 1. The fourth-order valence-corrected chi connectivity index (χ4v) is 7.91. The standard InChI is InChI=1S/C23H27N5O3.C18H13F3O.C15H22N2O3/c1-16(2)18-5-8-21(30)20(13-18)22-24-25-23(31)28(22)19-6-3-17(4-7-19)14-26-9-11-27(15-29)12-10-26;1-12-5-10-16-13(11-12)3-2-4-17(16)22-15-8-6-14(7-9-15)18(19,20)21;1-2-7-20-8-6-17-15(19)10-13-4-3-5-14(9-13)11-16-12-18/h3-8,13,15-16,30H,9-12,14H2,1-2H3,(H,25,31);2-11H,1H3;3-5,9,12H,2,6-8,10-11H2,1H3,(H,16,18)(H,17,19). The molecule has 14 nitrogen and oxygen atoms in total. The summed E-state index contributed by atoms with van der Waals surface area (Å²) in [5, 5.41) is 24.5. The van der Waals surface area contributed by atoms with E-state index in [1.807, 2.05) is 105 Å². The second-order valence-corrected chi connectivity index (χ2v) is 17.8. The Balaban J connectivity index is 0.000000185. The molecule has 3 amide bonds. The first-order chi connectivity index (χ1) is 35.1. The zero-order valence-electron chi connectivity index (χ0n) is 41.5. The molecule has 6 aromatic carbocycles. The summed E-state index contributed by atoms with van der Waals surface area (Å²) in [6, 6.07) is 37.1. The van der Waals surface area contributed by atoms with Gasteiger partial charge in [-0.2, -0.15) is 18.3 Å². The number of H-pyrrole nitrogens is 1. The van der Waals surface area contributed by atoms with Crippen LogP contribution in [0, 0.1) is 6.92 Å². The van der Waals surface area contributed by atoms with Crippen molar-refractivity contribution < 1.29 is 42.1 Å². The van der Waals surface area contributed by atoms with Crippen molar-refractivity contribution in [2.45, 2.75) is 65.7 Å². The number of piperazine rings is 1. The molecular formula is C56H62F3N7O7. The minimum absolute atomic E-state index is 0.0226. The highest BCUT2D eigenvalue weighted by atomic mass is 19.4. The van der Waals surface area contributed by atoms with Crippen molar-refractivity contribution >= 4 is 29.5 Å². The number of nitrogens with zero attached hydrogens (tertiary/aromatic N) is 4. The lowest BCUT2D eigenvalue weighted by molar-refractivity contribution is -0.137. The lowest BCUT2D eigenvalue weighted by atomic mass is 10.00. The lowest BCUT2D eigenvalue weighted by Gasteiger charge is -2.32. The molecular weight excluding hydrogens is 940 g/mol. The topological polar surface area (TPSA) is 171 Å². The molecule has 0 bridgehead atoms. The van der Waals surface area contributed by atoms with Crippen LogP contribution in [0.1, 0.15) is 66.5 Å². The summed E-state index contributed by atoms with van der Waals surface area (Å²) < 4.78 is 50.2. The number of nitrogens with one attached hydrogen (secondary N) is 3. The zero-order chi connectivity index (χ0) is 52.3. The predicted octanol–water partition coefficient (Wildman–Crippen LogP) is 9.31. The van der Waals surface area contributed by atoms with E-state index in [4.69, 9.17) is 9.47 Å². The molecule has 1 aromatic heterocycles. The Kier molecular flexibility index (Phi) is 19.9. The first-order valence-electron chi connectivity index (χ1n) is 24.1. The van der Waals surface area contributed by atoms with Crippen LogP contribution in [-0.4, -0.2) is 94.3 Å². The van der Waals surface area contributed by atoms with Crippen LogP contribution in [0.3, 0.4) is 0 Å². The molecule has 0 aliphatic carbocycles. The summed E-state index contributed by atoms with van der Waals surface area (Å²) in [6.07, 6.45) is -1.45. The first-order valence-corrected chi connectivity index (χ1v) is 24.1. The highest BCUT2D eigenvalue weighted by molar-refractivity contribution is 5.89. The SMILES string of the molecule is CC(C)c1ccc(O)c(-c2n[nH]c(=O)n2-c2ccc(CN3CCN(C=O)CC3)cc2)c1.CCCOCCNC(=O)Cc1cccc(CNC=O)c1.Cc1ccc2c(Oc3ccc(C(F)(F)F)cc3)cccc2c1. The van der Waals surface area contributed by atoms with Crippen molar-refractivity contribution in [2.75, 3.05) is 45.9 Å². The van der Waals surface area contributed by atoms with E-state index in [-0.39, 0.29) is 23.3 Å². The average Bonchev–Trinajstić information content (AvgIpc) is 3.77. The van der Waals surface area contributed by atoms with E-state index in [9.17, 15) is 37.5 Å². The van der Waals surface area contributed by atoms with Crippen LogP contribution in [-0.2, 0) is 44.8 Å². The van der Waals surface area contributed by atoms with Crippen molar-refractivity contribution in [2.24, 2.45) is 0 Å². The van der Waals surface area contributed by atoms with Gasteiger partial charge in [-0.25, -0.2) is 14.5 Å². The van der Waals surface area contributed by atoms with Crippen molar-refractivity contribution in [1.82, 2.24) is 35.2 Å². The number of benzene rings is 6. The molecule has 0 saturated carbocycles. The van der Waals surface area contributed by atoms with E-state index in [1.165, 1.54) is 16.7 Å². The minimum atomic E-state index is -4.34. The zero-order valence-corrected chi connectivity index (χ0v) is 41.5. The van der Waals surface area contributed by atoms with E-state index in [0.717, 1.165) is 103 Å². The molecule has 1 aliphatic rings. The summed E-state index contributed by atoms with van der Waals surface area (Å²) in [5.74, 6) is 1.72. The lowest BCUT2D eigenvalue weighted by Crippen LogP contribution is -2.45. The molecule has 73 heavy (non-hydrogen) atoms. The largest absolute Gasteiger partial charge is 0.507 e. The fraction of sp³-hybridized carbons (Fsp3) is 0.304. The van der Waals surface area contributed by atoms with Crippen molar-refractivity contribution in [3.63, 3.8) is 0 Å². The molecule has 0 spiro atoms. The highest BCUT2D eigenvalue weighted by Crippen LogP contribution is 2.34. The third-order valence-corrected chi connectivity index (χ3v) is 11.8. The molecule has 384 valence electrons. The van der Waals surface area contributed by atoms with Gasteiger partial charge >= 0.3 is 11.9 Å². The van der Waals surface area contributed by atoms with Crippen LogP contribution in [0.2, 0.25) is 0 Å². The molecule has 2 heterocycles. The third-order valence-electron chi connectivity index (χ3n) is 11.8. The van der Waals surface area contributed by atoms with E-state index in [0.29, 0.717) is 61.1 Å². The Bertz CT molecular complexity index is 2950. The number of phenolic OH excluding ortho intramolecular Hbond substituents is 1. The van der Waals surface area contributed by atoms with Gasteiger partial charge in [-0.1, -0.05) is 99.1 Å². The number of alkyl halides is 3. The van der Waals surface area contributed by atoms with E-state index in [1.54, 1.807) is 17.0 Å². The average molecular weight is 1000 g/mol. The summed E-state index contributed by atoms with van der Waals surface area (Å²) in [4.78, 5) is 49.5. The second-order valence-electron chi connectivity index (χ2n) is 17.8.